The molecular weight excluding hydrogens is 516 g/mol. The predicted octanol–water partition coefficient (Wildman–Crippen LogP) is 7.38. The summed E-state index contributed by atoms with van der Waals surface area (Å²) in [6.45, 7) is 10.3. The minimum Gasteiger partial charge on any atom is -0.460 e. The van der Waals surface area contributed by atoms with Crippen molar-refractivity contribution in [2.45, 2.75) is 83.6 Å². The van der Waals surface area contributed by atoms with Gasteiger partial charge in [-0.2, -0.15) is 0 Å². The van der Waals surface area contributed by atoms with Gasteiger partial charge in [0.25, 0.3) is 0 Å². The number of carbonyl (C=O) groups is 2. The highest BCUT2D eigenvalue weighted by Gasteiger charge is 2.42. The smallest absolute Gasteiger partial charge is 0.323 e. The van der Waals surface area contributed by atoms with Gasteiger partial charge in [0.05, 0.1) is 18.1 Å². The lowest BCUT2D eigenvalue weighted by Gasteiger charge is -2.40. The number of hydrogen-bond acceptors (Lipinski definition) is 5. The Labute approximate surface area is 244 Å². The summed E-state index contributed by atoms with van der Waals surface area (Å²) in [5.41, 5.74) is 0.313. The average Bonchev–Trinajstić information content (AvgIpc) is 2.92. The maximum atomic E-state index is 13.9. The Bertz CT molecular complexity index is 1140. The lowest BCUT2D eigenvalue weighted by molar-refractivity contribution is -0.163. The molecule has 3 rings (SSSR count). The van der Waals surface area contributed by atoms with Crippen molar-refractivity contribution in [1.29, 1.82) is 0 Å². The van der Waals surface area contributed by atoms with E-state index < -0.39 is 47.3 Å². The van der Waals surface area contributed by atoms with Gasteiger partial charge in [-0.3, -0.25) is 19.3 Å². The molecule has 1 N–H and O–H groups in total. The summed E-state index contributed by atoms with van der Waals surface area (Å²) in [7, 11) is 0. The summed E-state index contributed by atoms with van der Waals surface area (Å²) >= 11 is 0. The number of halogens is 1. The lowest BCUT2D eigenvalue weighted by atomic mass is 9.76. The van der Waals surface area contributed by atoms with E-state index in [1.54, 1.807) is 20.8 Å². The molecule has 41 heavy (non-hydrogen) atoms. The molecular formula is C35H44FNO4. The van der Waals surface area contributed by atoms with Crippen molar-refractivity contribution in [2.24, 2.45) is 5.92 Å². The van der Waals surface area contributed by atoms with E-state index in [2.05, 4.69) is 5.32 Å². The van der Waals surface area contributed by atoms with Crippen molar-refractivity contribution < 1.29 is 23.5 Å². The zero-order chi connectivity index (χ0) is 30.1. The molecule has 0 heterocycles. The van der Waals surface area contributed by atoms with Gasteiger partial charge in [0.2, 0.25) is 0 Å². The highest BCUT2D eigenvalue weighted by molar-refractivity contribution is 5.79. The highest BCUT2D eigenvalue weighted by atomic mass is 18.2. The van der Waals surface area contributed by atoms with Crippen LogP contribution >= 0.6 is 0 Å². The minimum atomic E-state index is -0.968. The van der Waals surface area contributed by atoms with Gasteiger partial charge in [-0.25, -0.2) is 0 Å². The van der Waals surface area contributed by atoms with Crippen LogP contribution in [0.3, 0.4) is 0 Å². The van der Waals surface area contributed by atoms with Crippen LogP contribution in [0.2, 0.25) is 0 Å². The van der Waals surface area contributed by atoms with Crippen molar-refractivity contribution in [2.75, 3.05) is 6.67 Å². The van der Waals surface area contributed by atoms with E-state index in [0.717, 1.165) is 16.7 Å². The third-order valence-corrected chi connectivity index (χ3v) is 6.65. The zero-order valence-electron chi connectivity index (χ0n) is 25.2. The Morgan fingerprint density at radius 2 is 1.07 bits per heavy atom. The predicted molar refractivity (Wildman–Crippen MR) is 161 cm³/mol. The lowest BCUT2D eigenvalue weighted by Crippen LogP contribution is -2.54. The molecule has 0 saturated heterocycles. The average molecular weight is 561 g/mol. The molecule has 0 spiro atoms. The SMILES string of the molecule is CC(C)(C)OC(=O)[C@@H](CCC[18F])C[C@H](NC(c1ccccc1)(c1ccccc1)c1ccccc1)C(=O)OC(C)(C)C. The standard InChI is InChI=1S/C35H44FNO4/c1-33(2,3)40-31(38)26(17-16-24-36)25-30(32(39)41-34(4,5)6)37-35(27-18-10-7-11-19-27,28-20-12-8-13-21-28)29-22-14-9-15-23-29/h7-15,18-23,26,30,37H,16-17,24-25H2,1-6H3/t26-,30-/m0/s1/i36-1. The Morgan fingerprint density at radius 3 is 1.44 bits per heavy atom. The van der Waals surface area contributed by atoms with Crippen molar-refractivity contribution in [3.8, 4) is 0 Å². The molecule has 0 amide bonds. The van der Waals surface area contributed by atoms with Gasteiger partial charge in [0.15, 0.2) is 0 Å². The monoisotopic (exact) mass is 560 g/mol. The van der Waals surface area contributed by atoms with Crippen LogP contribution in [-0.4, -0.2) is 35.9 Å². The van der Waals surface area contributed by atoms with Crippen LogP contribution in [0.4, 0.5) is 4.39 Å². The Morgan fingerprint density at radius 1 is 0.683 bits per heavy atom. The van der Waals surface area contributed by atoms with Crippen molar-refractivity contribution in [3.05, 3.63) is 108 Å². The molecule has 0 aromatic heterocycles. The molecule has 0 unspecified atom stereocenters. The van der Waals surface area contributed by atoms with E-state index in [4.69, 9.17) is 9.47 Å². The van der Waals surface area contributed by atoms with E-state index >= 15 is 0 Å². The number of hydrogen-bond donors (Lipinski definition) is 1. The number of esters is 2. The molecule has 3 aromatic rings. The molecule has 0 aliphatic carbocycles. The van der Waals surface area contributed by atoms with Gasteiger partial charge in [0.1, 0.15) is 17.2 Å². The molecule has 0 bridgehead atoms. The molecule has 0 aliphatic heterocycles. The summed E-state index contributed by atoms with van der Waals surface area (Å²) < 4.78 is 25.0. The first-order valence-corrected chi connectivity index (χ1v) is 14.3. The Kier molecular flexibility index (Phi) is 10.9. The molecule has 2 atom stereocenters. The fourth-order valence-corrected chi connectivity index (χ4v) is 4.99. The fourth-order valence-electron chi connectivity index (χ4n) is 4.99. The number of benzene rings is 3. The molecule has 0 radical (unpaired) electrons. The Hall–Kier alpha value is -3.51. The molecule has 6 heteroatoms. The number of ether oxygens (including phenoxy) is 2. The normalized spacial score (nSPS) is 13.7. The minimum absolute atomic E-state index is 0.0814. The fraction of sp³-hybridized carbons (Fsp3) is 0.429. The quantitative estimate of drug-likeness (QED) is 0.185. The molecule has 5 nitrogen and oxygen atoms in total. The van der Waals surface area contributed by atoms with Crippen LogP contribution in [0.25, 0.3) is 0 Å². The van der Waals surface area contributed by atoms with Crippen molar-refractivity contribution >= 4 is 11.9 Å². The van der Waals surface area contributed by atoms with Crippen LogP contribution in [0, 0.1) is 5.92 Å². The molecule has 0 aliphatic rings. The van der Waals surface area contributed by atoms with Crippen molar-refractivity contribution in [3.63, 3.8) is 0 Å². The van der Waals surface area contributed by atoms with Gasteiger partial charge in [-0.1, -0.05) is 91.0 Å². The van der Waals surface area contributed by atoms with E-state index in [9.17, 15) is 14.0 Å². The van der Waals surface area contributed by atoms with Crippen molar-refractivity contribution in [1.82, 2.24) is 5.32 Å². The number of carbonyl (C=O) groups excluding carboxylic acids is 2. The maximum Gasteiger partial charge on any atom is 0.323 e. The van der Waals surface area contributed by atoms with E-state index in [-0.39, 0.29) is 19.3 Å². The first kappa shape index (κ1) is 32.0. The third kappa shape index (κ3) is 8.99. The van der Waals surface area contributed by atoms with Crippen LogP contribution in [0.15, 0.2) is 91.0 Å². The third-order valence-electron chi connectivity index (χ3n) is 6.65. The molecule has 0 fully saturated rings. The summed E-state index contributed by atoms with van der Waals surface area (Å²) in [6, 6.07) is 28.8. The largest absolute Gasteiger partial charge is 0.460 e. The van der Waals surface area contributed by atoms with Crippen LogP contribution in [0.1, 0.15) is 77.5 Å². The van der Waals surface area contributed by atoms with Gasteiger partial charge in [-0.15, -0.1) is 0 Å². The summed E-state index contributed by atoms with van der Waals surface area (Å²) in [4.78, 5) is 27.3. The maximum absolute atomic E-state index is 13.9. The molecule has 0 saturated carbocycles. The molecule has 3 aromatic carbocycles. The van der Waals surface area contributed by atoms with Gasteiger partial charge < -0.3 is 9.47 Å². The first-order valence-electron chi connectivity index (χ1n) is 14.3. The summed E-state index contributed by atoms with van der Waals surface area (Å²) in [5, 5.41) is 3.69. The second kappa shape index (κ2) is 13.9. The first-order chi connectivity index (χ1) is 19.4. The topological polar surface area (TPSA) is 64.6 Å². The second-order valence-corrected chi connectivity index (χ2v) is 12.4. The van der Waals surface area contributed by atoms with Crippen LogP contribution in [-0.2, 0) is 24.6 Å². The van der Waals surface area contributed by atoms with Crippen LogP contribution in [0.5, 0.6) is 0 Å². The number of alkyl halides is 1. The van der Waals surface area contributed by atoms with E-state index in [0.29, 0.717) is 0 Å². The Balaban J connectivity index is 2.20. The van der Waals surface area contributed by atoms with Crippen LogP contribution < -0.4 is 5.32 Å². The zero-order valence-corrected chi connectivity index (χ0v) is 25.2. The van der Waals surface area contributed by atoms with Gasteiger partial charge >= 0.3 is 11.9 Å². The molecule has 220 valence electrons. The second-order valence-electron chi connectivity index (χ2n) is 12.4. The van der Waals surface area contributed by atoms with Gasteiger partial charge in [0, 0.05) is 0 Å². The highest BCUT2D eigenvalue weighted by Crippen LogP contribution is 2.38. The number of nitrogens with one attached hydrogen (secondary N) is 1. The van der Waals surface area contributed by atoms with Gasteiger partial charge in [-0.05, 0) is 77.5 Å². The number of rotatable bonds is 12. The van der Waals surface area contributed by atoms with E-state index in [1.165, 1.54) is 0 Å². The van der Waals surface area contributed by atoms with E-state index in [1.807, 2.05) is 112 Å². The summed E-state index contributed by atoms with van der Waals surface area (Å²) in [6.07, 6.45) is 0.519. The summed E-state index contributed by atoms with van der Waals surface area (Å²) in [5.74, 6) is -1.65.